The maximum Gasteiger partial charge on any atom is 0.274 e. The number of nitrogens with zero attached hydrogens (tertiary/aromatic N) is 4. The molecule has 3 heterocycles. The van der Waals surface area contributed by atoms with E-state index in [1.54, 1.807) is 12.3 Å². The molecule has 7 nitrogen and oxygen atoms in total. The van der Waals surface area contributed by atoms with E-state index >= 15 is 0 Å². The molecule has 1 amide bonds. The molecular formula is C27H24N6OS. The second-order valence-corrected chi connectivity index (χ2v) is 8.93. The minimum Gasteiger partial charge on any atom is -0.370 e. The van der Waals surface area contributed by atoms with Crippen LogP contribution in [0.2, 0.25) is 0 Å². The molecular weight excluding hydrogens is 456 g/mol. The second-order valence-electron chi connectivity index (χ2n) is 7.95. The van der Waals surface area contributed by atoms with Gasteiger partial charge in [0.15, 0.2) is 5.82 Å². The van der Waals surface area contributed by atoms with Gasteiger partial charge in [-0.25, -0.2) is 19.9 Å². The summed E-state index contributed by atoms with van der Waals surface area (Å²) in [5.41, 5.74) is 3.47. The number of hydrogen-bond donors (Lipinski definition) is 2. The molecule has 5 rings (SSSR count). The summed E-state index contributed by atoms with van der Waals surface area (Å²) in [6.45, 7) is 2.91. The molecule has 35 heavy (non-hydrogen) atoms. The fourth-order valence-electron chi connectivity index (χ4n) is 3.61. The average Bonchev–Trinajstić information content (AvgIpc) is 3.34. The molecule has 3 aromatic heterocycles. The molecule has 0 unspecified atom stereocenters. The number of amides is 1. The number of anilines is 2. The molecule has 0 fully saturated rings. The Balaban J connectivity index is 1.47. The largest absolute Gasteiger partial charge is 0.370 e. The molecule has 2 N–H and O–H groups in total. The fraction of sp³-hybridized carbons (Fsp3) is 0.148. The van der Waals surface area contributed by atoms with Crippen LogP contribution in [0.3, 0.4) is 0 Å². The highest BCUT2D eigenvalue weighted by Crippen LogP contribution is 2.33. The Morgan fingerprint density at radius 1 is 0.943 bits per heavy atom. The van der Waals surface area contributed by atoms with Crippen LogP contribution in [0.4, 0.5) is 11.5 Å². The van der Waals surface area contributed by atoms with Gasteiger partial charge in [-0.2, -0.15) is 0 Å². The van der Waals surface area contributed by atoms with Crippen LogP contribution in [0.5, 0.6) is 0 Å². The molecule has 0 radical (unpaired) electrons. The summed E-state index contributed by atoms with van der Waals surface area (Å²) in [6, 6.07) is 22.8. The minimum absolute atomic E-state index is 0.290. The van der Waals surface area contributed by atoms with Crippen LogP contribution in [-0.2, 0) is 0 Å². The van der Waals surface area contributed by atoms with Gasteiger partial charge in [-0.05, 0) is 30.7 Å². The number of hydrogen-bond acceptors (Lipinski definition) is 7. The highest BCUT2D eigenvalue weighted by Gasteiger charge is 2.17. The molecule has 0 aliphatic heterocycles. The lowest BCUT2D eigenvalue weighted by atomic mass is 10.1. The first-order valence-corrected chi connectivity index (χ1v) is 12.3. The third-order valence-corrected chi connectivity index (χ3v) is 6.41. The number of pyridine rings is 1. The Morgan fingerprint density at radius 2 is 1.77 bits per heavy atom. The number of fused-ring (bicyclic) bond motifs is 1. The van der Waals surface area contributed by atoms with Gasteiger partial charge in [-0.3, -0.25) is 4.79 Å². The van der Waals surface area contributed by atoms with Gasteiger partial charge in [-0.15, -0.1) is 0 Å². The molecule has 174 valence electrons. The summed E-state index contributed by atoms with van der Waals surface area (Å²) in [4.78, 5) is 32.5. The van der Waals surface area contributed by atoms with E-state index in [-0.39, 0.29) is 5.91 Å². The number of thiazole rings is 1. The van der Waals surface area contributed by atoms with Crippen molar-refractivity contribution < 1.29 is 4.79 Å². The van der Waals surface area contributed by atoms with Gasteiger partial charge in [0.1, 0.15) is 26.9 Å². The minimum atomic E-state index is -0.310. The molecule has 2 aromatic carbocycles. The third-order valence-electron chi connectivity index (χ3n) is 5.40. The van der Waals surface area contributed by atoms with Crippen LogP contribution >= 0.6 is 11.3 Å². The SMILES string of the molecule is CCCCNc1cc(C(=O)Nc2ccccc2-c2nc3cccnc3s2)nc(-c2ccccc2)n1. The molecule has 0 spiro atoms. The van der Waals surface area contributed by atoms with Crippen LogP contribution in [0.25, 0.3) is 32.3 Å². The predicted molar refractivity (Wildman–Crippen MR) is 142 cm³/mol. The van der Waals surface area contributed by atoms with Crippen molar-refractivity contribution in [2.24, 2.45) is 0 Å². The number of nitrogens with one attached hydrogen (secondary N) is 2. The normalized spacial score (nSPS) is 10.9. The molecule has 8 heteroatoms. The van der Waals surface area contributed by atoms with Gasteiger partial charge in [-0.1, -0.05) is 67.1 Å². The maximum absolute atomic E-state index is 13.4. The van der Waals surface area contributed by atoms with E-state index in [0.717, 1.165) is 45.9 Å². The zero-order valence-electron chi connectivity index (χ0n) is 19.2. The second kappa shape index (κ2) is 10.4. The van der Waals surface area contributed by atoms with Gasteiger partial charge < -0.3 is 10.6 Å². The summed E-state index contributed by atoms with van der Waals surface area (Å²) >= 11 is 1.49. The Hall–Kier alpha value is -4.17. The van der Waals surface area contributed by atoms with Crippen molar-refractivity contribution in [2.45, 2.75) is 19.8 Å². The summed E-state index contributed by atoms with van der Waals surface area (Å²) < 4.78 is 0. The molecule has 5 aromatic rings. The number of benzene rings is 2. The van der Waals surface area contributed by atoms with Crippen molar-refractivity contribution in [3.05, 3.63) is 84.7 Å². The van der Waals surface area contributed by atoms with Crippen molar-refractivity contribution in [3.8, 4) is 22.0 Å². The standard InChI is InChI=1S/C27H24N6OS/c1-2-3-15-28-23-17-22(30-24(33-23)18-10-5-4-6-11-18)25(34)31-20-13-8-7-12-19(20)26-32-21-14-9-16-29-27(21)35-26/h4-14,16-17H,2-3,15H2,1H3,(H,31,34)(H,28,30,33). The topological polar surface area (TPSA) is 92.7 Å². The number of carbonyl (C=O) groups is 1. The first-order chi connectivity index (χ1) is 17.2. The predicted octanol–water partition coefficient (Wildman–Crippen LogP) is 6.28. The summed E-state index contributed by atoms with van der Waals surface area (Å²) in [6.07, 6.45) is 3.83. The molecule has 0 saturated heterocycles. The molecule has 0 bridgehead atoms. The average molecular weight is 481 g/mol. The maximum atomic E-state index is 13.4. The summed E-state index contributed by atoms with van der Waals surface area (Å²) in [7, 11) is 0. The van der Waals surface area contributed by atoms with Gasteiger partial charge in [0.25, 0.3) is 5.91 Å². The van der Waals surface area contributed by atoms with Crippen molar-refractivity contribution >= 4 is 39.1 Å². The Bertz CT molecular complexity index is 1430. The monoisotopic (exact) mass is 480 g/mol. The first kappa shape index (κ1) is 22.6. The Morgan fingerprint density at radius 3 is 2.60 bits per heavy atom. The fourth-order valence-corrected chi connectivity index (χ4v) is 4.56. The van der Waals surface area contributed by atoms with Crippen molar-refractivity contribution in [3.63, 3.8) is 0 Å². The number of rotatable bonds is 8. The molecule has 0 aliphatic rings. The highest BCUT2D eigenvalue weighted by molar-refractivity contribution is 7.21. The van der Waals surface area contributed by atoms with Crippen LogP contribution in [0.15, 0.2) is 79.0 Å². The van der Waals surface area contributed by atoms with E-state index in [1.807, 2.05) is 66.7 Å². The van der Waals surface area contributed by atoms with E-state index in [2.05, 4.69) is 32.5 Å². The number of aromatic nitrogens is 4. The van der Waals surface area contributed by atoms with E-state index < -0.39 is 0 Å². The molecule has 0 atom stereocenters. The van der Waals surface area contributed by atoms with E-state index in [9.17, 15) is 4.79 Å². The van der Waals surface area contributed by atoms with Crippen LogP contribution in [0.1, 0.15) is 30.3 Å². The quantitative estimate of drug-likeness (QED) is 0.254. The third kappa shape index (κ3) is 5.17. The molecule has 0 aliphatic carbocycles. The summed E-state index contributed by atoms with van der Waals surface area (Å²) in [5.74, 6) is 0.820. The van der Waals surface area contributed by atoms with Gasteiger partial charge >= 0.3 is 0 Å². The van der Waals surface area contributed by atoms with Crippen LogP contribution < -0.4 is 10.6 Å². The number of para-hydroxylation sites is 1. The number of unbranched alkanes of at least 4 members (excludes halogenated alkanes) is 1. The lowest BCUT2D eigenvalue weighted by molar-refractivity contribution is 0.102. The van der Waals surface area contributed by atoms with Crippen LogP contribution in [0, 0.1) is 0 Å². The Labute approximate surface area is 207 Å². The smallest absolute Gasteiger partial charge is 0.274 e. The Kier molecular flexibility index (Phi) is 6.72. The van der Waals surface area contributed by atoms with Crippen LogP contribution in [-0.4, -0.2) is 32.4 Å². The van der Waals surface area contributed by atoms with Gasteiger partial charge in [0, 0.05) is 29.9 Å². The van der Waals surface area contributed by atoms with Crippen molar-refractivity contribution in [1.29, 1.82) is 0 Å². The number of carbonyl (C=O) groups excluding carboxylic acids is 1. The van der Waals surface area contributed by atoms with Gasteiger partial charge in [0.05, 0.1) is 5.69 Å². The summed E-state index contributed by atoms with van der Waals surface area (Å²) in [5, 5.41) is 7.15. The van der Waals surface area contributed by atoms with Gasteiger partial charge in [0.2, 0.25) is 0 Å². The van der Waals surface area contributed by atoms with Crippen molar-refractivity contribution in [2.75, 3.05) is 17.2 Å². The van der Waals surface area contributed by atoms with E-state index in [1.165, 1.54) is 11.3 Å². The zero-order chi connectivity index (χ0) is 24.0. The van der Waals surface area contributed by atoms with E-state index in [4.69, 9.17) is 4.98 Å². The van der Waals surface area contributed by atoms with Crippen molar-refractivity contribution in [1.82, 2.24) is 19.9 Å². The molecule has 0 saturated carbocycles. The highest BCUT2D eigenvalue weighted by atomic mass is 32.1. The first-order valence-electron chi connectivity index (χ1n) is 11.5. The lowest BCUT2D eigenvalue weighted by Gasteiger charge is -2.12. The zero-order valence-corrected chi connectivity index (χ0v) is 20.0. The van der Waals surface area contributed by atoms with E-state index in [0.29, 0.717) is 23.0 Å². The lowest BCUT2D eigenvalue weighted by Crippen LogP contribution is -2.16.